The van der Waals surface area contributed by atoms with E-state index in [0.717, 1.165) is 22.9 Å². The van der Waals surface area contributed by atoms with Crippen LogP contribution in [0.5, 0.6) is 0 Å². The van der Waals surface area contributed by atoms with Gasteiger partial charge in [-0.3, -0.25) is 0 Å². The van der Waals surface area contributed by atoms with Gasteiger partial charge in [0.05, 0.1) is 4.90 Å². The van der Waals surface area contributed by atoms with E-state index in [0.29, 0.717) is 23.9 Å². The van der Waals surface area contributed by atoms with Crippen LogP contribution in [-0.2, 0) is 10.0 Å². The molecule has 2 rings (SSSR count). The van der Waals surface area contributed by atoms with Gasteiger partial charge in [-0.2, -0.15) is 4.31 Å². The van der Waals surface area contributed by atoms with Gasteiger partial charge in [0.25, 0.3) is 0 Å². The van der Waals surface area contributed by atoms with E-state index in [9.17, 15) is 8.42 Å². The molecule has 0 aliphatic carbocycles. The largest absolute Gasteiger partial charge is 0.243 e. The van der Waals surface area contributed by atoms with Crippen molar-refractivity contribution in [2.45, 2.75) is 31.6 Å². The summed E-state index contributed by atoms with van der Waals surface area (Å²) in [5, 5.41) is 0. The molecule has 3 nitrogen and oxygen atoms in total. The normalized spacial score (nSPS) is 19.1. The first-order valence-electron chi connectivity index (χ1n) is 6.17. The van der Waals surface area contributed by atoms with E-state index >= 15 is 0 Å². The molecule has 0 amide bonds. The lowest BCUT2D eigenvalue weighted by atomic mass is 10.0. The number of nitrogens with zero attached hydrogens (tertiary/aromatic N) is 1. The highest BCUT2D eigenvalue weighted by atomic mass is 79.9. The van der Waals surface area contributed by atoms with E-state index in [2.05, 4.69) is 22.9 Å². The number of hydrogen-bond acceptors (Lipinski definition) is 2. The number of sulfonamides is 1. The summed E-state index contributed by atoms with van der Waals surface area (Å²) in [6.07, 6.45) is 1.91. The molecule has 0 unspecified atom stereocenters. The second-order valence-electron chi connectivity index (χ2n) is 5.00. The first-order valence-corrected chi connectivity index (χ1v) is 8.41. The Balaban J connectivity index is 2.27. The molecule has 1 aromatic rings. The quantitative estimate of drug-likeness (QED) is 0.834. The summed E-state index contributed by atoms with van der Waals surface area (Å²) in [4.78, 5) is 0.401. The van der Waals surface area contributed by atoms with Gasteiger partial charge in [0.15, 0.2) is 0 Å². The summed E-state index contributed by atoms with van der Waals surface area (Å²) in [7, 11) is -3.31. The van der Waals surface area contributed by atoms with Crippen LogP contribution in [-0.4, -0.2) is 25.8 Å². The number of piperidine rings is 1. The zero-order valence-electron chi connectivity index (χ0n) is 10.7. The molecule has 1 fully saturated rings. The average Bonchev–Trinajstić information content (AvgIpc) is 2.33. The molecule has 0 spiro atoms. The van der Waals surface area contributed by atoms with Gasteiger partial charge in [-0.15, -0.1) is 0 Å². The van der Waals surface area contributed by atoms with Gasteiger partial charge < -0.3 is 0 Å². The zero-order valence-corrected chi connectivity index (χ0v) is 13.1. The Morgan fingerprint density at radius 1 is 1.28 bits per heavy atom. The van der Waals surface area contributed by atoms with Gasteiger partial charge in [0.1, 0.15) is 0 Å². The SMILES string of the molecule is Cc1cc(S(=O)(=O)N2CCC(C)CC2)ccc1Br. The lowest BCUT2D eigenvalue weighted by Gasteiger charge is -2.29. The van der Waals surface area contributed by atoms with Crippen molar-refractivity contribution in [3.63, 3.8) is 0 Å². The third-order valence-electron chi connectivity index (χ3n) is 3.51. The molecule has 100 valence electrons. The number of benzene rings is 1. The van der Waals surface area contributed by atoms with Crippen LogP contribution in [0.25, 0.3) is 0 Å². The van der Waals surface area contributed by atoms with E-state index in [4.69, 9.17) is 0 Å². The van der Waals surface area contributed by atoms with Crippen molar-refractivity contribution in [3.8, 4) is 0 Å². The van der Waals surface area contributed by atoms with Crippen molar-refractivity contribution in [1.29, 1.82) is 0 Å². The molecule has 5 heteroatoms. The zero-order chi connectivity index (χ0) is 13.3. The van der Waals surface area contributed by atoms with Crippen LogP contribution in [0.3, 0.4) is 0 Å². The maximum Gasteiger partial charge on any atom is 0.243 e. The molecule has 0 N–H and O–H groups in total. The van der Waals surface area contributed by atoms with Crippen LogP contribution >= 0.6 is 15.9 Å². The van der Waals surface area contributed by atoms with E-state index in [-0.39, 0.29) is 0 Å². The number of hydrogen-bond donors (Lipinski definition) is 0. The second-order valence-corrected chi connectivity index (χ2v) is 7.79. The molecule has 1 aliphatic rings. The maximum absolute atomic E-state index is 12.5. The van der Waals surface area contributed by atoms with Gasteiger partial charge in [-0.1, -0.05) is 22.9 Å². The molecular formula is C13H18BrNO2S. The van der Waals surface area contributed by atoms with Crippen molar-refractivity contribution in [1.82, 2.24) is 4.31 Å². The third kappa shape index (κ3) is 2.78. The van der Waals surface area contributed by atoms with E-state index in [1.165, 1.54) is 0 Å². The minimum Gasteiger partial charge on any atom is -0.207 e. The molecule has 1 saturated heterocycles. The predicted octanol–water partition coefficient (Wildman–Crippen LogP) is 3.18. The minimum absolute atomic E-state index is 0.401. The Kier molecular flexibility index (Phi) is 4.14. The van der Waals surface area contributed by atoms with Crippen LogP contribution < -0.4 is 0 Å². The van der Waals surface area contributed by atoms with Crippen molar-refractivity contribution in [2.75, 3.05) is 13.1 Å². The lowest BCUT2D eigenvalue weighted by molar-refractivity contribution is 0.288. The highest BCUT2D eigenvalue weighted by molar-refractivity contribution is 9.10. The second kappa shape index (κ2) is 5.31. The van der Waals surface area contributed by atoms with E-state index in [1.807, 2.05) is 6.92 Å². The van der Waals surface area contributed by atoms with Gasteiger partial charge in [0, 0.05) is 17.6 Å². The van der Waals surface area contributed by atoms with Crippen LogP contribution in [0.4, 0.5) is 0 Å². The molecule has 0 saturated carbocycles. The topological polar surface area (TPSA) is 37.4 Å². The fourth-order valence-corrected chi connectivity index (χ4v) is 3.95. The van der Waals surface area contributed by atoms with E-state index in [1.54, 1.807) is 22.5 Å². The fourth-order valence-electron chi connectivity index (χ4n) is 2.15. The van der Waals surface area contributed by atoms with Crippen LogP contribution in [0.15, 0.2) is 27.6 Å². The molecule has 1 aliphatic heterocycles. The third-order valence-corrected chi connectivity index (χ3v) is 6.29. The number of rotatable bonds is 2. The molecule has 0 atom stereocenters. The van der Waals surface area contributed by atoms with Crippen molar-refractivity contribution >= 4 is 26.0 Å². The summed E-state index contributed by atoms with van der Waals surface area (Å²) < 4.78 is 27.5. The van der Waals surface area contributed by atoms with E-state index < -0.39 is 10.0 Å². The van der Waals surface area contributed by atoms with Crippen molar-refractivity contribution in [2.24, 2.45) is 5.92 Å². The predicted molar refractivity (Wildman–Crippen MR) is 76.0 cm³/mol. The summed E-state index contributed by atoms with van der Waals surface area (Å²) >= 11 is 3.39. The lowest BCUT2D eigenvalue weighted by Crippen LogP contribution is -2.37. The summed E-state index contributed by atoms with van der Waals surface area (Å²) in [5.74, 6) is 0.628. The summed E-state index contributed by atoms with van der Waals surface area (Å²) in [6.45, 7) is 5.35. The van der Waals surface area contributed by atoms with Gasteiger partial charge >= 0.3 is 0 Å². The molecule has 18 heavy (non-hydrogen) atoms. The summed E-state index contributed by atoms with van der Waals surface area (Å²) in [6, 6.07) is 5.21. The Bertz CT molecular complexity index is 534. The first-order chi connectivity index (χ1) is 8.41. The standard InChI is InChI=1S/C13H18BrNO2S/c1-10-5-7-15(8-6-10)18(16,17)12-3-4-13(14)11(2)9-12/h3-4,9-10H,5-8H2,1-2H3. The summed E-state index contributed by atoms with van der Waals surface area (Å²) in [5.41, 5.74) is 0.946. The highest BCUT2D eigenvalue weighted by Gasteiger charge is 2.28. The minimum atomic E-state index is -3.31. The Hall–Kier alpha value is -0.390. The molecule has 0 bridgehead atoms. The molecular weight excluding hydrogens is 314 g/mol. The highest BCUT2D eigenvalue weighted by Crippen LogP contribution is 2.26. The van der Waals surface area contributed by atoms with Crippen LogP contribution in [0.2, 0.25) is 0 Å². The number of halogens is 1. The Morgan fingerprint density at radius 3 is 2.44 bits per heavy atom. The smallest absolute Gasteiger partial charge is 0.207 e. The first kappa shape index (κ1) is 14.0. The van der Waals surface area contributed by atoms with Crippen LogP contribution in [0, 0.1) is 12.8 Å². The average molecular weight is 332 g/mol. The monoisotopic (exact) mass is 331 g/mol. The van der Waals surface area contributed by atoms with Crippen LogP contribution in [0.1, 0.15) is 25.3 Å². The van der Waals surface area contributed by atoms with Gasteiger partial charge in [-0.25, -0.2) is 8.42 Å². The Morgan fingerprint density at radius 2 is 1.89 bits per heavy atom. The molecule has 1 aromatic carbocycles. The molecule has 0 radical (unpaired) electrons. The maximum atomic E-state index is 12.5. The fraction of sp³-hybridized carbons (Fsp3) is 0.538. The van der Waals surface area contributed by atoms with Gasteiger partial charge in [0.2, 0.25) is 10.0 Å². The Labute approximate surface area is 117 Å². The molecule has 0 aromatic heterocycles. The number of aryl methyl sites for hydroxylation is 1. The van der Waals surface area contributed by atoms with Gasteiger partial charge in [-0.05, 0) is 49.4 Å². The van der Waals surface area contributed by atoms with Crippen molar-refractivity contribution < 1.29 is 8.42 Å². The van der Waals surface area contributed by atoms with Crippen molar-refractivity contribution in [3.05, 3.63) is 28.2 Å². The molecule has 1 heterocycles.